The number of hydrogen-bond acceptors (Lipinski definition) is 2. The summed E-state index contributed by atoms with van der Waals surface area (Å²) in [6.45, 7) is 0. The van der Waals surface area contributed by atoms with Crippen molar-refractivity contribution in [2.75, 3.05) is 11.9 Å². The zero-order chi connectivity index (χ0) is 15.7. The van der Waals surface area contributed by atoms with Gasteiger partial charge < -0.3 is 5.32 Å². The molecule has 2 aromatic carbocycles. The molecule has 2 amide bonds. The van der Waals surface area contributed by atoms with Gasteiger partial charge in [0.15, 0.2) is 0 Å². The van der Waals surface area contributed by atoms with Crippen molar-refractivity contribution < 1.29 is 9.59 Å². The van der Waals surface area contributed by atoms with Crippen molar-refractivity contribution in [2.24, 2.45) is 0 Å². The molecule has 22 heavy (non-hydrogen) atoms. The van der Waals surface area contributed by atoms with Gasteiger partial charge in [0.25, 0.3) is 5.91 Å². The van der Waals surface area contributed by atoms with Crippen LogP contribution in [0, 0.1) is 3.57 Å². The molecule has 0 aromatic heterocycles. The van der Waals surface area contributed by atoms with E-state index in [0.717, 1.165) is 14.8 Å². The lowest BCUT2D eigenvalue weighted by Gasteiger charge is -2.24. The van der Waals surface area contributed by atoms with Gasteiger partial charge in [0.05, 0.1) is 5.56 Å². The average molecular weight is 406 g/mol. The Morgan fingerprint density at radius 1 is 1.14 bits per heavy atom. The topological polar surface area (TPSA) is 49.4 Å². The lowest BCUT2D eigenvalue weighted by Crippen LogP contribution is -2.47. The molecule has 3 rings (SSSR count). The standard InChI is InChI=1S/C17H15IN2O2/c1-19-16(21)15-10-11-6-2-5-9-14(11)20(15)17(22)12-7-3-4-8-13(12)18/h2-9,15H,10H2,1H3,(H,19,21). The smallest absolute Gasteiger partial charge is 0.260 e. The van der Waals surface area contributed by atoms with E-state index in [-0.39, 0.29) is 11.8 Å². The first-order valence-corrected chi connectivity index (χ1v) is 8.09. The third-order valence-electron chi connectivity index (χ3n) is 3.85. The predicted octanol–water partition coefficient (Wildman–Crippen LogP) is 2.61. The normalized spacial score (nSPS) is 16.3. The molecule has 0 radical (unpaired) electrons. The first kappa shape index (κ1) is 15.0. The van der Waals surface area contributed by atoms with Gasteiger partial charge in [-0.2, -0.15) is 0 Å². The zero-order valence-corrected chi connectivity index (χ0v) is 14.2. The van der Waals surface area contributed by atoms with Crippen molar-refractivity contribution in [3.63, 3.8) is 0 Å². The number of amides is 2. The van der Waals surface area contributed by atoms with E-state index < -0.39 is 6.04 Å². The van der Waals surface area contributed by atoms with Crippen LogP contribution in [0.1, 0.15) is 15.9 Å². The summed E-state index contributed by atoms with van der Waals surface area (Å²) < 4.78 is 0.880. The highest BCUT2D eigenvalue weighted by Crippen LogP contribution is 2.34. The number of carbonyl (C=O) groups excluding carboxylic acids is 2. The van der Waals surface area contributed by atoms with Crippen molar-refractivity contribution in [2.45, 2.75) is 12.5 Å². The van der Waals surface area contributed by atoms with Gasteiger partial charge in [-0.15, -0.1) is 0 Å². The molecule has 1 atom stereocenters. The number of carbonyl (C=O) groups is 2. The Balaban J connectivity index is 2.07. The summed E-state index contributed by atoms with van der Waals surface area (Å²) in [5, 5.41) is 2.66. The number of likely N-dealkylation sites (N-methyl/N-ethyl adjacent to an activating group) is 1. The third kappa shape index (κ3) is 2.49. The van der Waals surface area contributed by atoms with Gasteiger partial charge in [0.1, 0.15) is 6.04 Å². The lowest BCUT2D eigenvalue weighted by atomic mass is 10.1. The molecule has 1 heterocycles. The summed E-state index contributed by atoms with van der Waals surface area (Å²) in [7, 11) is 1.60. The number of fused-ring (bicyclic) bond motifs is 1. The van der Waals surface area contributed by atoms with Gasteiger partial charge in [-0.3, -0.25) is 14.5 Å². The molecule has 4 nitrogen and oxygen atoms in total. The molecule has 2 aromatic rings. The van der Waals surface area contributed by atoms with Crippen LogP contribution in [0.15, 0.2) is 48.5 Å². The second kappa shape index (κ2) is 6.08. The first-order valence-electron chi connectivity index (χ1n) is 7.01. The molecule has 112 valence electrons. The van der Waals surface area contributed by atoms with E-state index in [1.807, 2.05) is 42.5 Å². The average Bonchev–Trinajstić information content (AvgIpc) is 2.93. The maximum Gasteiger partial charge on any atom is 0.260 e. The molecule has 1 aliphatic rings. The summed E-state index contributed by atoms with van der Waals surface area (Å²) in [4.78, 5) is 26.8. The fourth-order valence-corrected chi connectivity index (χ4v) is 3.40. The van der Waals surface area contributed by atoms with E-state index in [4.69, 9.17) is 0 Å². The molecule has 0 bridgehead atoms. The minimum atomic E-state index is -0.495. The highest BCUT2D eigenvalue weighted by molar-refractivity contribution is 14.1. The van der Waals surface area contributed by atoms with Crippen LogP contribution in [-0.2, 0) is 11.2 Å². The second-order valence-corrected chi connectivity index (χ2v) is 6.28. The highest BCUT2D eigenvalue weighted by atomic mass is 127. The van der Waals surface area contributed by atoms with Gasteiger partial charge in [-0.25, -0.2) is 0 Å². The zero-order valence-electron chi connectivity index (χ0n) is 12.0. The number of nitrogens with zero attached hydrogens (tertiary/aromatic N) is 1. The number of halogens is 1. The van der Waals surface area contributed by atoms with Gasteiger partial charge in [0, 0.05) is 22.7 Å². The molecule has 0 spiro atoms. The van der Waals surface area contributed by atoms with Gasteiger partial charge in [0.2, 0.25) is 5.91 Å². The largest absolute Gasteiger partial charge is 0.357 e. The van der Waals surface area contributed by atoms with Crippen LogP contribution in [-0.4, -0.2) is 24.9 Å². The molecule has 0 saturated heterocycles. The number of para-hydroxylation sites is 1. The van der Waals surface area contributed by atoms with Crippen molar-refractivity contribution >= 4 is 40.1 Å². The second-order valence-electron chi connectivity index (χ2n) is 5.12. The Bertz CT molecular complexity index is 745. The molecule has 1 unspecified atom stereocenters. The van der Waals surface area contributed by atoms with E-state index in [2.05, 4.69) is 27.9 Å². The minimum Gasteiger partial charge on any atom is -0.357 e. The summed E-state index contributed by atoms with van der Waals surface area (Å²) in [6, 6.07) is 14.6. The summed E-state index contributed by atoms with van der Waals surface area (Å²) >= 11 is 2.15. The Morgan fingerprint density at radius 3 is 2.55 bits per heavy atom. The number of hydrogen-bond donors (Lipinski definition) is 1. The van der Waals surface area contributed by atoms with E-state index in [9.17, 15) is 9.59 Å². The van der Waals surface area contributed by atoms with Crippen LogP contribution in [0.4, 0.5) is 5.69 Å². The van der Waals surface area contributed by atoms with Crippen molar-refractivity contribution in [3.05, 3.63) is 63.2 Å². The van der Waals surface area contributed by atoms with Gasteiger partial charge >= 0.3 is 0 Å². The van der Waals surface area contributed by atoms with Gasteiger partial charge in [-0.1, -0.05) is 30.3 Å². The van der Waals surface area contributed by atoms with Crippen LogP contribution in [0.25, 0.3) is 0 Å². The fourth-order valence-electron chi connectivity index (χ4n) is 2.78. The molecular weight excluding hydrogens is 391 g/mol. The SMILES string of the molecule is CNC(=O)C1Cc2ccccc2N1C(=O)c1ccccc1I. The summed E-state index contributed by atoms with van der Waals surface area (Å²) in [6.07, 6.45) is 0.547. The van der Waals surface area contributed by atoms with Crippen LogP contribution in [0.2, 0.25) is 0 Å². The Morgan fingerprint density at radius 2 is 1.82 bits per heavy atom. The predicted molar refractivity (Wildman–Crippen MR) is 94.0 cm³/mol. The van der Waals surface area contributed by atoms with E-state index in [0.29, 0.717) is 12.0 Å². The van der Waals surface area contributed by atoms with Crippen LogP contribution < -0.4 is 10.2 Å². The maximum atomic E-state index is 13.0. The highest BCUT2D eigenvalue weighted by Gasteiger charge is 2.38. The Labute approximate surface area is 142 Å². The van der Waals surface area contributed by atoms with Crippen molar-refractivity contribution in [1.29, 1.82) is 0 Å². The minimum absolute atomic E-state index is 0.136. The Kier molecular flexibility index (Phi) is 4.15. The Hall–Kier alpha value is -1.89. The van der Waals surface area contributed by atoms with E-state index >= 15 is 0 Å². The third-order valence-corrected chi connectivity index (χ3v) is 4.79. The van der Waals surface area contributed by atoms with Crippen LogP contribution >= 0.6 is 22.6 Å². The molecule has 0 saturated carbocycles. The molecule has 1 N–H and O–H groups in total. The number of anilines is 1. The lowest BCUT2D eigenvalue weighted by molar-refractivity contribution is -0.121. The van der Waals surface area contributed by atoms with E-state index in [1.54, 1.807) is 18.0 Å². The quantitative estimate of drug-likeness (QED) is 0.780. The maximum absolute atomic E-state index is 13.0. The van der Waals surface area contributed by atoms with E-state index in [1.165, 1.54) is 0 Å². The fraction of sp³-hybridized carbons (Fsp3) is 0.176. The molecule has 1 aliphatic heterocycles. The number of nitrogens with one attached hydrogen (secondary N) is 1. The monoisotopic (exact) mass is 406 g/mol. The molecule has 0 fully saturated rings. The number of rotatable bonds is 2. The van der Waals surface area contributed by atoms with Crippen molar-refractivity contribution in [1.82, 2.24) is 5.32 Å². The van der Waals surface area contributed by atoms with Crippen molar-refractivity contribution in [3.8, 4) is 0 Å². The number of benzene rings is 2. The molecule has 5 heteroatoms. The van der Waals surface area contributed by atoms with Crippen LogP contribution in [0.5, 0.6) is 0 Å². The summed E-state index contributed by atoms with van der Waals surface area (Å²) in [5.41, 5.74) is 2.46. The van der Waals surface area contributed by atoms with Gasteiger partial charge in [-0.05, 0) is 46.4 Å². The molecular formula is C17H15IN2O2. The first-order chi connectivity index (χ1) is 10.6. The molecule has 0 aliphatic carbocycles. The summed E-state index contributed by atoms with van der Waals surface area (Å²) in [5.74, 6) is -0.279. The van der Waals surface area contributed by atoms with Crippen LogP contribution in [0.3, 0.4) is 0 Å².